The predicted molar refractivity (Wildman–Crippen MR) is 86.0 cm³/mol. The Hall–Kier alpha value is -1.56. The van der Waals surface area contributed by atoms with Crippen LogP contribution in [0.25, 0.3) is 5.78 Å². The van der Waals surface area contributed by atoms with E-state index in [0.717, 1.165) is 43.7 Å². The molecular formula is C17H24F2N4. The molecular weight excluding hydrogens is 298 g/mol. The number of likely N-dealkylation sites (tertiary alicyclic amines) is 1. The normalized spacial score (nSPS) is 23.0. The van der Waals surface area contributed by atoms with Gasteiger partial charge in [-0.15, -0.1) is 0 Å². The molecule has 3 heterocycles. The van der Waals surface area contributed by atoms with Crippen molar-refractivity contribution in [3.63, 3.8) is 0 Å². The van der Waals surface area contributed by atoms with E-state index in [0.29, 0.717) is 11.7 Å². The molecule has 1 fully saturated rings. The Balaban J connectivity index is 2.18. The number of rotatable bonds is 4. The molecule has 0 radical (unpaired) electrons. The monoisotopic (exact) mass is 322 g/mol. The fourth-order valence-electron chi connectivity index (χ4n) is 3.72. The van der Waals surface area contributed by atoms with Crippen LogP contribution in [0.15, 0.2) is 12.3 Å². The van der Waals surface area contributed by atoms with E-state index >= 15 is 0 Å². The molecule has 1 aliphatic rings. The Bertz CT molecular complexity index is 683. The minimum Gasteiger partial charge on any atom is -0.306 e. The lowest BCUT2D eigenvalue weighted by Crippen LogP contribution is -2.37. The van der Waals surface area contributed by atoms with Crippen molar-refractivity contribution < 1.29 is 8.78 Å². The molecule has 23 heavy (non-hydrogen) atoms. The average Bonchev–Trinajstić information content (AvgIpc) is 2.97. The Morgan fingerprint density at radius 1 is 1.35 bits per heavy atom. The summed E-state index contributed by atoms with van der Waals surface area (Å²) in [6.07, 6.45) is 2.16. The molecule has 2 unspecified atom stereocenters. The fourth-order valence-corrected chi connectivity index (χ4v) is 3.72. The maximum absolute atomic E-state index is 13.3. The van der Waals surface area contributed by atoms with Crippen molar-refractivity contribution in [1.82, 2.24) is 19.3 Å². The molecule has 0 aromatic carbocycles. The van der Waals surface area contributed by atoms with Gasteiger partial charge in [-0.2, -0.15) is 0 Å². The van der Waals surface area contributed by atoms with Crippen LogP contribution in [0.2, 0.25) is 0 Å². The number of aromatic nitrogens is 3. The highest BCUT2D eigenvalue weighted by Gasteiger charge is 2.31. The van der Waals surface area contributed by atoms with Crippen LogP contribution in [0, 0.1) is 5.92 Å². The van der Waals surface area contributed by atoms with E-state index in [1.165, 1.54) is 0 Å². The van der Waals surface area contributed by atoms with Crippen LogP contribution >= 0.6 is 0 Å². The number of halogens is 2. The van der Waals surface area contributed by atoms with Gasteiger partial charge in [0.25, 0.3) is 6.43 Å². The molecule has 0 N–H and O–H groups in total. The zero-order valence-electron chi connectivity index (χ0n) is 14.0. The summed E-state index contributed by atoms with van der Waals surface area (Å²) >= 11 is 0. The summed E-state index contributed by atoms with van der Waals surface area (Å²) in [4.78, 5) is 10.6. The van der Waals surface area contributed by atoms with Crippen molar-refractivity contribution in [2.24, 2.45) is 5.92 Å². The molecule has 6 heteroatoms. The molecule has 3 rings (SSSR count). The molecule has 4 nitrogen and oxygen atoms in total. The van der Waals surface area contributed by atoms with Crippen molar-refractivity contribution in [1.29, 1.82) is 0 Å². The van der Waals surface area contributed by atoms with Crippen LogP contribution in [-0.2, 0) is 6.42 Å². The minimum atomic E-state index is -2.57. The van der Waals surface area contributed by atoms with Crippen LogP contribution in [0.1, 0.15) is 56.1 Å². The first-order chi connectivity index (χ1) is 11.0. The second kappa shape index (κ2) is 6.51. The first kappa shape index (κ1) is 16.3. The van der Waals surface area contributed by atoms with E-state index in [1.54, 1.807) is 12.3 Å². The summed E-state index contributed by atoms with van der Waals surface area (Å²) in [5, 5.41) is 0. The summed E-state index contributed by atoms with van der Waals surface area (Å²) < 4.78 is 28.6. The number of imidazole rings is 1. The van der Waals surface area contributed by atoms with Crippen LogP contribution < -0.4 is 0 Å². The third-order valence-corrected chi connectivity index (χ3v) is 5.05. The zero-order chi connectivity index (χ0) is 16.6. The second-order valence-electron chi connectivity index (χ2n) is 6.47. The van der Waals surface area contributed by atoms with Gasteiger partial charge in [-0.05, 0) is 38.4 Å². The number of piperidine rings is 1. The Labute approximate surface area is 135 Å². The lowest BCUT2D eigenvalue weighted by Gasteiger charge is -2.37. The summed E-state index contributed by atoms with van der Waals surface area (Å²) in [5.74, 6) is 1.15. The quantitative estimate of drug-likeness (QED) is 0.861. The summed E-state index contributed by atoms with van der Waals surface area (Å²) in [5.41, 5.74) is 1.81. The smallest absolute Gasteiger partial charge is 0.280 e. The van der Waals surface area contributed by atoms with Crippen LogP contribution in [0.3, 0.4) is 0 Å². The van der Waals surface area contributed by atoms with Gasteiger partial charge in [0.1, 0.15) is 5.69 Å². The Morgan fingerprint density at radius 2 is 2.13 bits per heavy atom. The van der Waals surface area contributed by atoms with Gasteiger partial charge in [0, 0.05) is 23.9 Å². The van der Waals surface area contributed by atoms with Crippen molar-refractivity contribution >= 4 is 5.78 Å². The number of nitrogens with zero attached hydrogens (tertiary/aromatic N) is 4. The number of alkyl halides is 2. The van der Waals surface area contributed by atoms with Gasteiger partial charge in [-0.3, -0.25) is 4.40 Å². The SMILES string of the molecule is CCc1cnc2nc(C(F)F)cc(C3CN(C)CCC3CC)n12. The first-order valence-electron chi connectivity index (χ1n) is 8.39. The van der Waals surface area contributed by atoms with E-state index in [4.69, 9.17) is 0 Å². The molecule has 2 atom stereocenters. The van der Waals surface area contributed by atoms with Gasteiger partial charge in [-0.1, -0.05) is 20.3 Å². The highest BCUT2D eigenvalue weighted by Crippen LogP contribution is 2.35. The van der Waals surface area contributed by atoms with E-state index in [1.807, 2.05) is 4.40 Å². The van der Waals surface area contributed by atoms with Crippen molar-refractivity contribution in [3.05, 3.63) is 29.3 Å². The van der Waals surface area contributed by atoms with E-state index in [2.05, 4.69) is 35.8 Å². The summed E-state index contributed by atoms with van der Waals surface area (Å²) in [7, 11) is 2.10. The van der Waals surface area contributed by atoms with Crippen LogP contribution in [0.4, 0.5) is 8.78 Å². The number of aryl methyl sites for hydroxylation is 1. The maximum atomic E-state index is 13.3. The lowest BCUT2D eigenvalue weighted by molar-refractivity contribution is 0.145. The minimum absolute atomic E-state index is 0.163. The molecule has 1 saturated heterocycles. The van der Waals surface area contributed by atoms with Crippen LogP contribution in [-0.4, -0.2) is 39.4 Å². The van der Waals surface area contributed by atoms with Gasteiger partial charge in [0.2, 0.25) is 5.78 Å². The third-order valence-electron chi connectivity index (χ3n) is 5.05. The predicted octanol–water partition coefficient (Wildman–Crippen LogP) is 3.67. The van der Waals surface area contributed by atoms with Crippen molar-refractivity contribution in [2.75, 3.05) is 20.1 Å². The molecule has 126 valence electrons. The van der Waals surface area contributed by atoms with Gasteiger partial charge in [0.05, 0.1) is 6.20 Å². The fraction of sp³-hybridized carbons (Fsp3) is 0.647. The molecule has 2 aromatic heterocycles. The number of hydrogen-bond donors (Lipinski definition) is 0. The molecule has 0 amide bonds. The van der Waals surface area contributed by atoms with Crippen molar-refractivity contribution in [2.45, 2.75) is 45.5 Å². The Morgan fingerprint density at radius 3 is 2.78 bits per heavy atom. The highest BCUT2D eigenvalue weighted by molar-refractivity contribution is 5.38. The molecule has 0 aliphatic carbocycles. The van der Waals surface area contributed by atoms with E-state index in [-0.39, 0.29) is 11.6 Å². The van der Waals surface area contributed by atoms with Crippen LogP contribution in [0.5, 0.6) is 0 Å². The van der Waals surface area contributed by atoms with Gasteiger partial charge in [-0.25, -0.2) is 18.7 Å². The zero-order valence-corrected chi connectivity index (χ0v) is 14.0. The van der Waals surface area contributed by atoms with Gasteiger partial charge < -0.3 is 4.90 Å². The lowest BCUT2D eigenvalue weighted by atomic mass is 9.81. The van der Waals surface area contributed by atoms with Gasteiger partial charge in [0.15, 0.2) is 0 Å². The molecule has 0 spiro atoms. The Kier molecular flexibility index (Phi) is 4.62. The molecule has 0 bridgehead atoms. The standard InChI is InChI=1S/C17H24F2N4/c1-4-11-6-7-22(3)10-13(11)15-8-14(16(18)19)21-17-20-9-12(5-2)23(15)17/h8-9,11,13,16H,4-7,10H2,1-3H3. The maximum Gasteiger partial charge on any atom is 0.280 e. The second-order valence-corrected chi connectivity index (χ2v) is 6.47. The van der Waals surface area contributed by atoms with E-state index in [9.17, 15) is 8.78 Å². The summed E-state index contributed by atoms with van der Waals surface area (Å²) in [6, 6.07) is 1.60. The number of fused-ring (bicyclic) bond motifs is 1. The average molecular weight is 322 g/mol. The van der Waals surface area contributed by atoms with Gasteiger partial charge >= 0.3 is 0 Å². The topological polar surface area (TPSA) is 33.4 Å². The molecule has 2 aromatic rings. The molecule has 1 aliphatic heterocycles. The summed E-state index contributed by atoms with van der Waals surface area (Å²) in [6.45, 7) is 6.19. The largest absolute Gasteiger partial charge is 0.306 e. The van der Waals surface area contributed by atoms with Crippen molar-refractivity contribution in [3.8, 4) is 0 Å². The van der Waals surface area contributed by atoms with E-state index < -0.39 is 6.43 Å². The highest BCUT2D eigenvalue weighted by atomic mass is 19.3. The molecule has 0 saturated carbocycles. The number of hydrogen-bond acceptors (Lipinski definition) is 3. The first-order valence-corrected chi connectivity index (χ1v) is 8.39. The number of likely N-dealkylation sites (N-methyl/N-ethyl adjacent to an activating group) is 1. The third kappa shape index (κ3) is 2.96.